The van der Waals surface area contributed by atoms with E-state index >= 15 is 0 Å². The number of nitrogens with zero attached hydrogens (tertiary/aromatic N) is 3. The number of fused-ring (bicyclic) bond motifs is 1. The molecule has 1 spiro atoms. The zero-order valence-corrected chi connectivity index (χ0v) is 24.6. The molecule has 9 heteroatoms. The van der Waals surface area contributed by atoms with Crippen LogP contribution in [0.1, 0.15) is 46.5 Å². The molecule has 1 aromatic rings. The molecule has 8 nitrogen and oxygen atoms in total. The lowest BCUT2D eigenvalue weighted by atomic mass is 9.62. The predicted octanol–water partition coefficient (Wildman–Crippen LogP) is 4.07. The highest BCUT2D eigenvalue weighted by molar-refractivity contribution is 6.30. The van der Waals surface area contributed by atoms with Crippen molar-refractivity contribution in [2.45, 2.75) is 63.7 Å². The second-order valence-electron chi connectivity index (χ2n) is 11.5. The first-order valence-electron chi connectivity index (χ1n) is 14.3. The fourth-order valence-corrected chi connectivity index (χ4v) is 7.29. The van der Waals surface area contributed by atoms with Crippen molar-refractivity contribution in [2.24, 2.45) is 17.8 Å². The second-order valence-corrected chi connectivity index (χ2v) is 11.9. The van der Waals surface area contributed by atoms with E-state index in [2.05, 4.69) is 13.2 Å². The van der Waals surface area contributed by atoms with E-state index in [1.165, 1.54) is 0 Å². The Balaban J connectivity index is 1.81. The number of carbonyl (C=O) groups is 3. The van der Waals surface area contributed by atoms with Gasteiger partial charge in [-0.05, 0) is 62.8 Å². The number of unbranched alkanes of at least 4 members (excludes halogenated alkanes) is 1. The number of amides is 3. The molecule has 0 aliphatic carbocycles. The van der Waals surface area contributed by atoms with E-state index in [1.54, 1.807) is 51.1 Å². The quantitative estimate of drug-likeness (QED) is 0.285. The molecule has 1 aromatic carbocycles. The van der Waals surface area contributed by atoms with Crippen LogP contribution >= 0.6 is 11.6 Å². The van der Waals surface area contributed by atoms with E-state index in [4.69, 9.17) is 16.3 Å². The van der Waals surface area contributed by atoms with Crippen LogP contribution in [0.25, 0.3) is 0 Å². The Kier molecular flexibility index (Phi) is 9.12. The van der Waals surface area contributed by atoms with Crippen molar-refractivity contribution in [3.63, 3.8) is 0 Å². The van der Waals surface area contributed by atoms with Gasteiger partial charge >= 0.3 is 0 Å². The fraction of sp³-hybridized carbons (Fsp3) is 0.581. The van der Waals surface area contributed by atoms with Gasteiger partial charge in [0.2, 0.25) is 11.8 Å². The maximum atomic E-state index is 14.6. The third-order valence-electron chi connectivity index (χ3n) is 8.99. The molecule has 218 valence electrons. The zero-order chi connectivity index (χ0) is 29.2. The Morgan fingerprint density at radius 1 is 1.18 bits per heavy atom. The molecule has 3 aliphatic rings. The molecule has 3 unspecified atom stereocenters. The predicted molar refractivity (Wildman–Crippen MR) is 156 cm³/mol. The third kappa shape index (κ3) is 4.88. The van der Waals surface area contributed by atoms with Gasteiger partial charge in [-0.3, -0.25) is 14.4 Å². The Labute approximate surface area is 242 Å². The molecule has 40 heavy (non-hydrogen) atoms. The number of carbonyl (C=O) groups excluding carboxylic acids is 3. The van der Waals surface area contributed by atoms with Gasteiger partial charge in [-0.25, -0.2) is 0 Å². The standard InChI is InChI=1S/C31H42ClN3O5/c1-6-15-33(16-7-2)27(37)24-25-28(38)35(18-9-10-19-36)26(31(25)20-21(4)30(24,5)40-31)29(39)34(17-8-3)23-13-11-22(32)12-14-23/h6,8,11-14,21,24-26,36H,1,3,7,9-10,15-20H2,2,4-5H3/t21?,24-,25-,26?,30+,31?/m0/s1. The Hall–Kier alpha value is -2.68. The van der Waals surface area contributed by atoms with Crippen LogP contribution < -0.4 is 4.90 Å². The van der Waals surface area contributed by atoms with Gasteiger partial charge in [-0.2, -0.15) is 0 Å². The van der Waals surface area contributed by atoms with Gasteiger partial charge in [0.25, 0.3) is 5.91 Å². The summed E-state index contributed by atoms with van der Waals surface area (Å²) in [5.74, 6) is -2.16. The maximum absolute atomic E-state index is 14.6. The minimum absolute atomic E-state index is 0.0111. The van der Waals surface area contributed by atoms with Crippen LogP contribution in [0.3, 0.4) is 0 Å². The van der Waals surface area contributed by atoms with Gasteiger partial charge in [0.1, 0.15) is 11.6 Å². The fourth-order valence-electron chi connectivity index (χ4n) is 7.16. The minimum Gasteiger partial charge on any atom is -0.396 e. The lowest BCUT2D eigenvalue weighted by Crippen LogP contribution is -2.57. The smallest absolute Gasteiger partial charge is 0.253 e. The molecule has 3 aliphatic heterocycles. The van der Waals surface area contributed by atoms with E-state index in [9.17, 15) is 19.5 Å². The third-order valence-corrected chi connectivity index (χ3v) is 9.24. The molecule has 1 N–H and O–H groups in total. The summed E-state index contributed by atoms with van der Waals surface area (Å²) in [5, 5.41) is 9.99. The molecule has 0 radical (unpaired) electrons. The summed E-state index contributed by atoms with van der Waals surface area (Å²) in [5.41, 5.74) is -1.39. The SMILES string of the molecule is C=CCN(CCC)C(=O)[C@@H]1[C@H]2C(=O)N(CCCCO)C(C(=O)N(CC=C)c3ccc(Cl)cc3)C23CC(C)[C@@]1(C)O3. The molecule has 3 fully saturated rings. The molecule has 3 amide bonds. The first-order valence-corrected chi connectivity index (χ1v) is 14.7. The van der Waals surface area contributed by atoms with Gasteiger partial charge in [0.15, 0.2) is 0 Å². The lowest BCUT2D eigenvalue weighted by Gasteiger charge is -2.39. The number of hydrogen-bond donors (Lipinski definition) is 1. The summed E-state index contributed by atoms with van der Waals surface area (Å²) in [6, 6.07) is 6.06. The van der Waals surface area contributed by atoms with Crippen molar-refractivity contribution in [2.75, 3.05) is 37.7 Å². The van der Waals surface area contributed by atoms with Gasteiger partial charge in [0.05, 0.1) is 17.4 Å². The van der Waals surface area contributed by atoms with E-state index in [0.717, 1.165) is 6.42 Å². The number of ether oxygens (including phenoxy) is 1. The monoisotopic (exact) mass is 571 g/mol. The molecule has 0 saturated carbocycles. The van der Waals surface area contributed by atoms with Crippen LogP contribution in [0.2, 0.25) is 5.02 Å². The first kappa shape index (κ1) is 30.3. The Morgan fingerprint density at radius 2 is 1.85 bits per heavy atom. The maximum Gasteiger partial charge on any atom is 0.253 e. The van der Waals surface area contributed by atoms with E-state index in [0.29, 0.717) is 43.1 Å². The summed E-state index contributed by atoms with van der Waals surface area (Å²) in [6.45, 7) is 15.1. The van der Waals surface area contributed by atoms with Gasteiger partial charge in [-0.1, -0.05) is 37.6 Å². The van der Waals surface area contributed by atoms with E-state index in [-0.39, 0.29) is 43.3 Å². The summed E-state index contributed by atoms with van der Waals surface area (Å²) in [4.78, 5) is 48.0. The Bertz CT molecular complexity index is 1140. The number of anilines is 1. The van der Waals surface area contributed by atoms with Crippen molar-refractivity contribution in [3.8, 4) is 0 Å². The number of aliphatic hydroxyl groups is 1. The highest BCUT2D eigenvalue weighted by Gasteiger charge is 2.80. The highest BCUT2D eigenvalue weighted by Crippen LogP contribution is 2.65. The average molecular weight is 572 g/mol. The normalized spacial score (nSPS) is 30.3. The van der Waals surface area contributed by atoms with Gasteiger partial charge in [0, 0.05) is 43.5 Å². The van der Waals surface area contributed by atoms with Crippen molar-refractivity contribution in [1.82, 2.24) is 9.80 Å². The van der Waals surface area contributed by atoms with Crippen LogP contribution in [-0.2, 0) is 19.1 Å². The van der Waals surface area contributed by atoms with Crippen LogP contribution in [0.15, 0.2) is 49.6 Å². The number of rotatable bonds is 13. The van der Waals surface area contributed by atoms with Crippen LogP contribution in [0.4, 0.5) is 5.69 Å². The van der Waals surface area contributed by atoms with Crippen LogP contribution in [0.5, 0.6) is 0 Å². The molecule has 6 atom stereocenters. The van der Waals surface area contributed by atoms with Crippen LogP contribution in [-0.4, -0.2) is 82.7 Å². The first-order chi connectivity index (χ1) is 19.1. The summed E-state index contributed by atoms with van der Waals surface area (Å²) in [7, 11) is 0. The van der Waals surface area contributed by atoms with Gasteiger partial charge < -0.3 is 24.5 Å². The lowest BCUT2D eigenvalue weighted by molar-refractivity contribution is -0.151. The molecular formula is C31H42ClN3O5. The number of halogens is 1. The van der Waals surface area contributed by atoms with Crippen molar-refractivity contribution >= 4 is 35.0 Å². The number of benzene rings is 1. The highest BCUT2D eigenvalue weighted by atomic mass is 35.5. The topological polar surface area (TPSA) is 90.4 Å². The number of aliphatic hydroxyl groups excluding tert-OH is 1. The summed E-state index contributed by atoms with van der Waals surface area (Å²) < 4.78 is 6.87. The van der Waals surface area contributed by atoms with Crippen LogP contribution in [0, 0.1) is 17.8 Å². The molecule has 0 aromatic heterocycles. The average Bonchev–Trinajstić information content (AvgIpc) is 3.44. The Morgan fingerprint density at radius 3 is 2.45 bits per heavy atom. The van der Waals surface area contributed by atoms with E-state index < -0.39 is 29.1 Å². The summed E-state index contributed by atoms with van der Waals surface area (Å²) >= 11 is 6.12. The largest absolute Gasteiger partial charge is 0.396 e. The number of hydrogen-bond acceptors (Lipinski definition) is 5. The molecular weight excluding hydrogens is 530 g/mol. The second kappa shape index (κ2) is 12.0. The molecule has 2 bridgehead atoms. The molecule has 3 saturated heterocycles. The number of likely N-dealkylation sites (tertiary alicyclic amines) is 1. The van der Waals surface area contributed by atoms with E-state index in [1.807, 2.05) is 20.8 Å². The van der Waals surface area contributed by atoms with Gasteiger partial charge in [-0.15, -0.1) is 13.2 Å². The molecule has 3 heterocycles. The summed E-state index contributed by atoms with van der Waals surface area (Å²) in [6.07, 6.45) is 5.64. The van der Waals surface area contributed by atoms with Crippen molar-refractivity contribution in [1.29, 1.82) is 0 Å². The minimum atomic E-state index is -1.14. The molecule has 4 rings (SSSR count). The van der Waals surface area contributed by atoms with Crippen molar-refractivity contribution in [3.05, 3.63) is 54.6 Å². The zero-order valence-electron chi connectivity index (χ0n) is 23.9. The van der Waals surface area contributed by atoms with Crippen molar-refractivity contribution < 1.29 is 24.2 Å².